The largest absolute Gasteiger partial charge is 0.497 e. The summed E-state index contributed by atoms with van der Waals surface area (Å²) in [5.41, 5.74) is 8.29. The van der Waals surface area contributed by atoms with E-state index < -0.39 is 0 Å². The summed E-state index contributed by atoms with van der Waals surface area (Å²) >= 11 is 1.69. The van der Waals surface area contributed by atoms with Crippen LogP contribution in [0.15, 0.2) is 46.1 Å². The minimum Gasteiger partial charge on any atom is -0.497 e. The SMILES string of the molecule is COc1cccc(N2C(N)=NCC2c2ccsc2)c1. The predicted octanol–water partition coefficient (Wildman–Crippen LogP) is 2.63. The van der Waals surface area contributed by atoms with Crippen LogP contribution in [0.3, 0.4) is 0 Å². The van der Waals surface area contributed by atoms with Crippen LogP contribution in [0.5, 0.6) is 5.75 Å². The average molecular weight is 273 g/mol. The molecule has 0 bridgehead atoms. The van der Waals surface area contributed by atoms with E-state index in [0.29, 0.717) is 12.5 Å². The molecule has 19 heavy (non-hydrogen) atoms. The summed E-state index contributed by atoms with van der Waals surface area (Å²) in [6.45, 7) is 0.694. The van der Waals surface area contributed by atoms with E-state index in [1.54, 1.807) is 18.4 Å². The number of hydrogen-bond donors (Lipinski definition) is 1. The number of rotatable bonds is 3. The molecule has 1 unspecified atom stereocenters. The highest BCUT2D eigenvalue weighted by atomic mass is 32.1. The monoisotopic (exact) mass is 273 g/mol. The molecule has 98 valence electrons. The number of hydrogen-bond acceptors (Lipinski definition) is 5. The summed E-state index contributed by atoms with van der Waals surface area (Å²) in [6.07, 6.45) is 0. The zero-order valence-corrected chi connectivity index (χ0v) is 11.4. The second kappa shape index (κ2) is 4.93. The summed E-state index contributed by atoms with van der Waals surface area (Å²) in [7, 11) is 1.66. The first-order valence-corrected chi connectivity index (χ1v) is 6.99. The first kappa shape index (κ1) is 12.0. The van der Waals surface area contributed by atoms with Crippen molar-refractivity contribution in [3.63, 3.8) is 0 Å². The number of guanidine groups is 1. The third-order valence-corrected chi connectivity index (χ3v) is 3.95. The van der Waals surface area contributed by atoms with Gasteiger partial charge in [0.15, 0.2) is 5.96 Å². The van der Waals surface area contributed by atoms with Crippen LogP contribution < -0.4 is 15.4 Å². The molecule has 2 N–H and O–H groups in total. The van der Waals surface area contributed by atoms with Gasteiger partial charge in [0.2, 0.25) is 0 Å². The van der Waals surface area contributed by atoms with E-state index in [1.165, 1.54) is 5.56 Å². The third kappa shape index (κ3) is 2.17. The number of thiophene rings is 1. The molecule has 1 atom stereocenters. The predicted molar refractivity (Wildman–Crippen MR) is 79.0 cm³/mol. The Labute approximate surface area is 116 Å². The molecule has 2 heterocycles. The number of benzene rings is 1. The molecule has 0 aliphatic carbocycles. The van der Waals surface area contributed by atoms with E-state index in [-0.39, 0.29) is 6.04 Å². The van der Waals surface area contributed by atoms with Crippen molar-refractivity contribution in [2.24, 2.45) is 10.7 Å². The molecule has 3 rings (SSSR count). The minimum absolute atomic E-state index is 0.179. The first-order chi connectivity index (χ1) is 9.29. The van der Waals surface area contributed by atoms with Crippen molar-refractivity contribution in [3.8, 4) is 5.75 Å². The average Bonchev–Trinajstić information content (AvgIpc) is 3.07. The van der Waals surface area contributed by atoms with Gasteiger partial charge in [-0.3, -0.25) is 4.99 Å². The number of ether oxygens (including phenoxy) is 1. The fraction of sp³-hybridized carbons (Fsp3) is 0.214. The Morgan fingerprint density at radius 2 is 2.32 bits per heavy atom. The fourth-order valence-corrected chi connectivity index (χ4v) is 3.00. The fourth-order valence-electron chi connectivity index (χ4n) is 2.29. The van der Waals surface area contributed by atoms with Gasteiger partial charge in [-0.05, 0) is 34.5 Å². The highest BCUT2D eigenvalue weighted by Gasteiger charge is 2.29. The second-order valence-electron chi connectivity index (χ2n) is 4.34. The van der Waals surface area contributed by atoms with Crippen LogP contribution in [-0.4, -0.2) is 19.6 Å². The van der Waals surface area contributed by atoms with Gasteiger partial charge in [-0.25, -0.2) is 0 Å². The Bertz CT molecular complexity index is 594. The maximum Gasteiger partial charge on any atom is 0.196 e. The van der Waals surface area contributed by atoms with Gasteiger partial charge >= 0.3 is 0 Å². The van der Waals surface area contributed by atoms with E-state index in [0.717, 1.165) is 11.4 Å². The molecule has 2 aromatic rings. The van der Waals surface area contributed by atoms with Crippen molar-refractivity contribution in [1.82, 2.24) is 0 Å². The molecule has 0 saturated carbocycles. The molecular weight excluding hydrogens is 258 g/mol. The summed E-state index contributed by atoms with van der Waals surface area (Å²) in [6, 6.07) is 10.2. The van der Waals surface area contributed by atoms with Crippen LogP contribution in [0.1, 0.15) is 11.6 Å². The zero-order valence-electron chi connectivity index (χ0n) is 10.6. The Morgan fingerprint density at radius 3 is 3.05 bits per heavy atom. The van der Waals surface area contributed by atoms with E-state index in [1.807, 2.05) is 24.3 Å². The minimum atomic E-state index is 0.179. The second-order valence-corrected chi connectivity index (χ2v) is 5.12. The molecule has 0 spiro atoms. The van der Waals surface area contributed by atoms with Crippen LogP contribution in [-0.2, 0) is 0 Å². The van der Waals surface area contributed by atoms with Gasteiger partial charge in [-0.1, -0.05) is 6.07 Å². The standard InChI is InChI=1S/C14H15N3OS/c1-18-12-4-2-3-11(7-12)17-13(8-16-14(17)15)10-5-6-19-9-10/h2-7,9,13H,8H2,1H3,(H2,15,16). The Balaban J connectivity index is 1.98. The molecular formula is C14H15N3OS. The summed E-state index contributed by atoms with van der Waals surface area (Å²) < 4.78 is 5.27. The van der Waals surface area contributed by atoms with Crippen LogP contribution in [0.25, 0.3) is 0 Å². The van der Waals surface area contributed by atoms with Crippen molar-refractivity contribution in [2.75, 3.05) is 18.6 Å². The van der Waals surface area contributed by atoms with E-state index >= 15 is 0 Å². The van der Waals surface area contributed by atoms with Gasteiger partial charge in [0.25, 0.3) is 0 Å². The van der Waals surface area contributed by atoms with Gasteiger partial charge in [0, 0.05) is 11.8 Å². The number of nitrogens with two attached hydrogens (primary N) is 1. The lowest BCUT2D eigenvalue weighted by molar-refractivity contribution is 0.415. The Kier molecular flexibility index (Phi) is 3.13. The van der Waals surface area contributed by atoms with Crippen molar-refractivity contribution >= 4 is 23.0 Å². The lowest BCUT2D eigenvalue weighted by Gasteiger charge is -2.26. The lowest BCUT2D eigenvalue weighted by Crippen LogP contribution is -2.35. The van der Waals surface area contributed by atoms with Crippen LogP contribution >= 0.6 is 11.3 Å². The number of anilines is 1. The molecule has 4 nitrogen and oxygen atoms in total. The maximum absolute atomic E-state index is 6.04. The summed E-state index contributed by atoms with van der Waals surface area (Å²) in [5.74, 6) is 1.38. The van der Waals surface area contributed by atoms with Gasteiger partial charge in [-0.2, -0.15) is 11.3 Å². The molecule has 0 fully saturated rings. The highest BCUT2D eigenvalue weighted by molar-refractivity contribution is 7.08. The van der Waals surface area contributed by atoms with Crippen molar-refractivity contribution in [3.05, 3.63) is 46.7 Å². The molecule has 1 aliphatic rings. The van der Waals surface area contributed by atoms with Gasteiger partial charge in [0.05, 0.1) is 19.7 Å². The topological polar surface area (TPSA) is 50.9 Å². The van der Waals surface area contributed by atoms with Gasteiger partial charge < -0.3 is 15.4 Å². The van der Waals surface area contributed by atoms with Crippen molar-refractivity contribution < 1.29 is 4.74 Å². The molecule has 1 aliphatic heterocycles. The van der Waals surface area contributed by atoms with Crippen LogP contribution in [0.2, 0.25) is 0 Å². The molecule has 1 aromatic heterocycles. The zero-order chi connectivity index (χ0) is 13.2. The van der Waals surface area contributed by atoms with E-state index in [4.69, 9.17) is 10.5 Å². The van der Waals surface area contributed by atoms with E-state index in [9.17, 15) is 0 Å². The van der Waals surface area contributed by atoms with Crippen LogP contribution in [0.4, 0.5) is 5.69 Å². The molecule has 0 radical (unpaired) electrons. The van der Waals surface area contributed by atoms with Gasteiger partial charge in [0.1, 0.15) is 5.75 Å². The summed E-state index contributed by atoms with van der Waals surface area (Å²) in [5, 5.41) is 4.22. The Morgan fingerprint density at radius 1 is 1.42 bits per heavy atom. The summed E-state index contributed by atoms with van der Waals surface area (Å²) in [4.78, 5) is 6.43. The molecule has 1 aromatic carbocycles. The molecule has 0 saturated heterocycles. The highest BCUT2D eigenvalue weighted by Crippen LogP contribution is 2.33. The Hall–Kier alpha value is -2.01. The van der Waals surface area contributed by atoms with Crippen LogP contribution in [0, 0.1) is 0 Å². The number of methoxy groups -OCH3 is 1. The molecule has 5 heteroatoms. The van der Waals surface area contributed by atoms with Gasteiger partial charge in [-0.15, -0.1) is 0 Å². The normalized spacial score (nSPS) is 18.5. The number of nitrogens with zero attached hydrogens (tertiary/aromatic N) is 2. The molecule has 0 amide bonds. The van der Waals surface area contributed by atoms with E-state index in [2.05, 4.69) is 26.7 Å². The maximum atomic E-state index is 6.04. The lowest BCUT2D eigenvalue weighted by atomic mass is 10.1. The van der Waals surface area contributed by atoms with Crippen molar-refractivity contribution in [1.29, 1.82) is 0 Å². The third-order valence-electron chi connectivity index (χ3n) is 3.24. The quantitative estimate of drug-likeness (QED) is 0.935. The van der Waals surface area contributed by atoms with Crippen molar-refractivity contribution in [2.45, 2.75) is 6.04 Å². The first-order valence-electron chi connectivity index (χ1n) is 6.05. The number of aliphatic imine (C=N–C) groups is 1. The smallest absolute Gasteiger partial charge is 0.196 e.